The number of ether oxygens (including phenoxy) is 2. The van der Waals surface area contributed by atoms with Crippen molar-refractivity contribution in [3.8, 4) is 11.4 Å². The second-order valence-electron chi connectivity index (χ2n) is 8.44. The van der Waals surface area contributed by atoms with Gasteiger partial charge in [0.2, 0.25) is 0 Å². The summed E-state index contributed by atoms with van der Waals surface area (Å²) in [6, 6.07) is 12.5. The molecule has 3 heterocycles. The zero-order valence-corrected chi connectivity index (χ0v) is 21.0. The average Bonchev–Trinajstić information content (AvgIpc) is 3.34. The number of nitro benzene ring substituents is 1. The Kier molecular flexibility index (Phi) is 7.32. The molecule has 1 aliphatic heterocycles. The molecule has 184 valence electrons. The quantitative estimate of drug-likeness (QED) is 0.202. The number of pyridine rings is 1. The molecule has 0 amide bonds. The molecule has 4 rings (SSSR count). The molecule has 1 N–H and O–H groups in total. The van der Waals surface area contributed by atoms with Gasteiger partial charge in [-0.25, -0.2) is 0 Å². The molecular formula is C25H29N5O4S. The van der Waals surface area contributed by atoms with Gasteiger partial charge in [0.25, 0.3) is 5.69 Å². The predicted octanol–water partition coefficient (Wildman–Crippen LogP) is 4.41. The van der Waals surface area contributed by atoms with Crippen LogP contribution in [-0.2, 0) is 4.74 Å². The van der Waals surface area contributed by atoms with Gasteiger partial charge in [0.15, 0.2) is 5.11 Å². The summed E-state index contributed by atoms with van der Waals surface area (Å²) in [4.78, 5) is 18.3. The van der Waals surface area contributed by atoms with Crippen LogP contribution in [0.1, 0.15) is 41.1 Å². The summed E-state index contributed by atoms with van der Waals surface area (Å²) in [6.45, 7) is 5.27. The van der Waals surface area contributed by atoms with Gasteiger partial charge in [-0.05, 0) is 68.4 Å². The Morgan fingerprint density at radius 2 is 2.00 bits per heavy atom. The van der Waals surface area contributed by atoms with Gasteiger partial charge in [-0.1, -0.05) is 6.07 Å². The second-order valence-corrected chi connectivity index (χ2v) is 8.83. The van der Waals surface area contributed by atoms with Gasteiger partial charge in [0.05, 0.1) is 35.9 Å². The van der Waals surface area contributed by atoms with Crippen LogP contribution in [0, 0.1) is 24.0 Å². The van der Waals surface area contributed by atoms with Crippen molar-refractivity contribution in [1.29, 1.82) is 0 Å². The Bertz CT molecular complexity index is 1230. The van der Waals surface area contributed by atoms with Crippen molar-refractivity contribution in [3.05, 3.63) is 81.4 Å². The molecule has 3 aromatic rings. The fourth-order valence-electron chi connectivity index (χ4n) is 4.79. The minimum atomic E-state index is -0.379. The number of nitrogens with zero attached hydrogens (tertiary/aromatic N) is 4. The predicted molar refractivity (Wildman–Crippen MR) is 137 cm³/mol. The summed E-state index contributed by atoms with van der Waals surface area (Å²) in [7, 11) is 3.18. The van der Waals surface area contributed by atoms with E-state index in [1.807, 2.05) is 36.6 Å². The molecular weight excluding hydrogens is 466 g/mol. The maximum atomic E-state index is 11.9. The van der Waals surface area contributed by atoms with Crippen LogP contribution < -0.4 is 10.1 Å². The molecule has 1 fully saturated rings. The van der Waals surface area contributed by atoms with Crippen molar-refractivity contribution in [2.45, 2.75) is 32.4 Å². The smallest absolute Gasteiger partial charge is 0.296 e. The lowest BCUT2D eigenvalue weighted by Crippen LogP contribution is -2.31. The number of nitrogens with one attached hydrogen (secondary N) is 1. The fraction of sp³-hybridized carbons (Fsp3) is 0.360. The third-order valence-electron chi connectivity index (χ3n) is 6.35. The first kappa shape index (κ1) is 24.6. The van der Waals surface area contributed by atoms with E-state index in [0.29, 0.717) is 29.7 Å². The van der Waals surface area contributed by atoms with Gasteiger partial charge in [-0.3, -0.25) is 15.1 Å². The van der Waals surface area contributed by atoms with Crippen LogP contribution in [0.15, 0.2) is 48.7 Å². The van der Waals surface area contributed by atoms with Crippen LogP contribution in [0.25, 0.3) is 5.69 Å². The molecule has 2 aromatic heterocycles. The van der Waals surface area contributed by atoms with E-state index in [1.165, 1.54) is 13.2 Å². The zero-order valence-electron chi connectivity index (χ0n) is 20.2. The monoisotopic (exact) mass is 495 g/mol. The lowest BCUT2D eigenvalue weighted by molar-refractivity contribution is -0.384. The summed E-state index contributed by atoms with van der Waals surface area (Å²) in [5.74, 6) is 0.438. The highest BCUT2D eigenvalue weighted by Crippen LogP contribution is 2.42. The van der Waals surface area contributed by atoms with Gasteiger partial charge in [0, 0.05) is 37.8 Å². The van der Waals surface area contributed by atoms with Crippen LogP contribution in [-0.4, -0.2) is 51.9 Å². The second kappa shape index (κ2) is 10.4. The third-order valence-corrected chi connectivity index (χ3v) is 6.71. The van der Waals surface area contributed by atoms with Crippen molar-refractivity contribution in [2.75, 3.05) is 27.4 Å². The van der Waals surface area contributed by atoms with E-state index < -0.39 is 0 Å². The lowest BCUT2D eigenvalue weighted by Gasteiger charge is -2.28. The van der Waals surface area contributed by atoms with Crippen molar-refractivity contribution in [3.63, 3.8) is 0 Å². The average molecular weight is 496 g/mol. The van der Waals surface area contributed by atoms with Crippen LogP contribution in [0.5, 0.6) is 5.75 Å². The van der Waals surface area contributed by atoms with Crippen LogP contribution >= 0.6 is 12.2 Å². The van der Waals surface area contributed by atoms with Crippen molar-refractivity contribution >= 4 is 23.0 Å². The maximum Gasteiger partial charge on any atom is 0.296 e. The topological polar surface area (TPSA) is 94.7 Å². The van der Waals surface area contributed by atoms with E-state index in [0.717, 1.165) is 29.1 Å². The number of rotatable bonds is 9. The molecule has 10 heteroatoms. The number of hydrogen-bond donors (Lipinski definition) is 1. The van der Waals surface area contributed by atoms with E-state index in [9.17, 15) is 10.1 Å². The highest BCUT2D eigenvalue weighted by Gasteiger charge is 2.41. The number of benzene rings is 1. The number of hydrogen-bond acceptors (Lipinski definition) is 6. The largest absolute Gasteiger partial charge is 0.496 e. The van der Waals surface area contributed by atoms with Gasteiger partial charge in [0.1, 0.15) is 11.4 Å². The molecule has 0 radical (unpaired) electrons. The number of thiocarbonyl (C=S) groups is 1. The molecule has 1 saturated heterocycles. The summed E-state index contributed by atoms with van der Waals surface area (Å²) in [5, 5.41) is 16.0. The first-order chi connectivity index (χ1) is 16.9. The molecule has 1 aromatic carbocycles. The molecule has 0 bridgehead atoms. The molecule has 0 saturated carbocycles. The first-order valence-electron chi connectivity index (χ1n) is 11.4. The van der Waals surface area contributed by atoms with E-state index in [-0.39, 0.29) is 22.7 Å². The van der Waals surface area contributed by atoms with E-state index in [2.05, 4.69) is 21.3 Å². The molecule has 1 aliphatic rings. The Hall–Kier alpha value is -3.50. The number of aromatic nitrogens is 2. The third kappa shape index (κ3) is 4.71. The standard InChI is InChI=1S/C25H29N5O4S/c1-16-14-19(17(2)29(16)21-10-9-18(34-4)15-22(21)30(31)32)24-23(20-8-5-6-11-26-20)27-25(35)28(24)12-7-13-33-3/h5-6,8-11,14-15,23-24H,7,12-13H2,1-4H3,(H,27,35)/t23-,24+/m0/s1. The van der Waals surface area contributed by atoms with E-state index >= 15 is 0 Å². The van der Waals surface area contributed by atoms with Crippen LogP contribution in [0.4, 0.5) is 5.69 Å². The van der Waals surface area contributed by atoms with E-state index in [1.54, 1.807) is 25.4 Å². The minimum Gasteiger partial charge on any atom is -0.496 e. The molecule has 0 aliphatic carbocycles. The Balaban J connectivity index is 1.83. The molecule has 2 atom stereocenters. The summed E-state index contributed by atoms with van der Waals surface area (Å²) in [5.41, 5.74) is 4.19. The van der Waals surface area contributed by atoms with Gasteiger partial charge < -0.3 is 24.3 Å². The van der Waals surface area contributed by atoms with Gasteiger partial charge in [-0.2, -0.15) is 0 Å². The Labute approximate surface area is 209 Å². The fourth-order valence-corrected chi connectivity index (χ4v) is 5.12. The number of nitro groups is 1. The van der Waals surface area contributed by atoms with Gasteiger partial charge in [-0.15, -0.1) is 0 Å². The molecule has 0 unspecified atom stereocenters. The first-order valence-corrected chi connectivity index (χ1v) is 11.8. The zero-order chi connectivity index (χ0) is 25.1. The summed E-state index contributed by atoms with van der Waals surface area (Å²) in [6.07, 6.45) is 2.58. The van der Waals surface area contributed by atoms with Crippen molar-refractivity contribution < 1.29 is 14.4 Å². The van der Waals surface area contributed by atoms with Gasteiger partial charge >= 0.3 is 0 Å². The Morgan fingerprint density at radius 1 is 1.20 bits per heavy atom. The number of aryl methyl sites for hydroxylation is 1. The van der Waals surface area contributed by atoms with Crippen LogP contribution in [0.2, 0.25) is 0 Å². The summed E-state index contributed by atoms with van der Waals surface area (Å²) >= 11 is 5.74. The molecule has 9 nitrogen and oxygen atoms in total. The highest BCUT2D eigenvalue weighted by molar-refractivity contribution is 7.80. The SMILES string of the molecule is COCCCN1C(=S)N[C@@H](c2ccccn2)[C@H]1c1cc(C)n(-c2ccc(OC)cc2[N+](=O)[O-])c1C. The van der Waals surface area contributed by atoms with Crippen molar-refractivity contribution in [2.24, 2.45) is 0 Å². The number of methoxy groups -OCH3 is 2. The summed E-state index contributed by atoms with van der Waals surface area (Å²) < 4.78 is 12.4. The van der Waals surface area contributed by atoms with E-state index in [4.69, 9.17) is 21.7 Å². The Morgan fingerprint density at radius 3 is 2.66 bits per heavy atom. The van der Waals surface area contributed by atoms with Crippen molar-refractivity contribution in [1.82, 2.24) is 19.8 Å². The minimum absolute atomic E-state index is 0.0176. The highest BCUT2D eigenvalue weighted by atomic mass is 32.1. The maximum absolute atomic E-state index is 11.9. The normalized spacial score (nSPS) is 17.5. The molecule has 0 spiro atoms. The lowest BCUT2D eigenvalue weighted by atomic mass is 9.96. The van der Waals surface area contributed by atoms with Crippen LogP contribution in [0.3, 0.4) is 0 Å². The molecule has 35 heavy (non-hydrogen) atoms.